The van der Waals surface area contributed by atoms with Gasteiger partial charge in [-0.25, -0.2) is 8.42 Å². The van der Waals surface area contributed by atoms with Crippen LogP contribution >= 0.6 is 0 Å². The highest BCUT2D eigenvalue weighted by atomic mass is 32.2. The number of benzene rings is 1. The molecule has 2 rings (SSSR count). The highest BCUT2D eigenvalue weighted by Crippen LogP contribution is 2.21. The first kappa shape index (κ1) is 19.4. The molecule has 0 unspecified atom stereocenters. The third-order valence-electron chi connectivity index (χ3n) is 4.55. The summed E-state index contributed by atoms with van der Waals surface area (Å²) in [5, 5.41) is 2.55. The number of aryl methyl sites for hydroxylation is 1. The number of nitrogens with zero attached hydrogens (tertiary/aromatic N) is 1. The number of anilines is 1. The summed E-state index contributed by atoms with van der Waals surface area (Å²) >= 11 is 0. The molecule has 0 bridgehead atoms. The maximum Gasteiger partial charge on any atom is 0.239 e. The molecule has 25 heavy (non-hydrogen) atoms. The third kappa shape index (κ3) is 6.16. The van der Waals surface area contributed by atoms with Crippen molar-refractivity contribution in [2.45, 2.75) is 45.1 Å². The Labute approximate surface area is 149 Å². The number of rotatable bonds is 6. The first-order valence-electron chi connectivity index (χ1n) is 8.59. The fourth-order valence-corrected chi connectivity index (χ4v) is 4.20. The van der Waals surface area contributed by atoms with E-state index in [2.05, 4.69) is 5.32 Å². The van der Waals surface area contributed by atoms with E-state index in [-0.39, 0.29) is 6.04 Å². The number of sulfone groups is 1. The Morgan fingerprint density at radius 2 is 1.68 bits per heavy atom. The Morgan fingerprint density at radius 1 is 1.08 bits per heavy atom. The lowest BCUT2D eigenvalue weighted by Crippen LogP contribution is -2.42. The number of hydrogen-bond donors (Lipinski definition) is 1. The quantitative estimate of drug-likeness (QED) is 0.836. The topological polar surface area (TPSA) is 83.5 Å². The predicted molar refractivity (Wildman–Crippen MR) is 98.1 cm³/mol. The molecule has 0 saturated heterocycles. The van der Waals surface area contributed by atoms with Gasteiger partial charge in [0.1, 0.15) is 11.5 Å². The van der Waals surface area contributed by atoms with Gasteiger partial charge in [-0.2, -0.15) is 0 Å². The summed E-state index contributed by atoms with van der Waals surface area (Å²) in [7, 11) is -2.14. The van der Waals surface area contributed by atoms with Crippen LogP contribution in [0.2, 0.25) is 0 Å². The minimum atomic E-state index is -3.80. The van der Waals surface area contributed by atoms with E-state index >= 15 is 0 Å². The van der Waals surface area contributed by atoms with Crippen molar-refractivity contribution in [1.82, 2.24) is 4.90 Å². The fourth-order valence-electron chi connectivity index (χ4n) is 3.05. The Hall–Kier alpha value is -1.89. The Bertz CT molecular complexity index is 707. The molecule has 2 amide bonds. The SMILES string of the molecule is Cc1ccc(NC(=O)CS(=O)(=O)CC(=O)N(C)C2CCCCC2)cc1. The summed E-state index contributed by atoms with van der Waals surface area (Å²) in [6, 6.07) is 7.18. The van der Waals surface area contributed by atoms with Gasteiger partial charge in [-0.15, -0.1) is 0 Å². The van der Waals surface area contributed by atoms with Crippen LogP contribution in [0.5, 0.6) is 0 Å². The van der Waals surface area contributed by atoms with Crippen LogP contribution in [0, 0.1) is 6.92 Å². The van der Waals surface area contributed by atoms with Crippen molar-refractivity contribution in [3.8, 4) is 0 Å². The first-order chi connectivity index (χ1) is 11.8. The molecule has 1 aliphatic carbocycles. The lowest BCUT2D eigenvalue weighted by atomic mass is 9.94. The minimum Gasteiger partial charge on any atom is -0.342 e. The van der Waals surface area contributed by atoms with E-state index in [9.17, 15) is 18.0 Å². The molecule has 138 valence electrons. The number of nitrogens with one attached hydrogen (secondary N) is 1. The standard InChI is InChI=1S/C18H26N2O4S/c1-14-8-10-15(11-9-14)19-17(21)12-25(23,24)13-18(22)20(2)16-6-4-3-5-7-16/h8-11,16H,3-7,12-13H2,1-2H3,(H,19,21). The van der Waals surface area contributed by atoms with Crippen LogP contribution in [0.25, 0.3) is 0 Å². The lowest BCUT2D eigenvalue weighted by Gasteiger charge is -2.31. The molecule has 1 fully saturated rings. The molecule has 0 radical (unpaired) electrons. The van der Waals surface area contributed by atoms with Gasteiger partial charge in [0.25, 0.3) is 0 Å². The van der Waals surface area contributed by atoms with Crippen LogP contribution in [-0.4, -0.2) is 49.7 Å². The molecule has 0 heterocycles. The fraction of sp³-hybridized carbons (Fsp3) is 0.556. The number of carbonyl (C=O) groups is 2. The zero-order valence-corrected chi connectivity index (χ0v) is 15.6. The Balaban J connectivity index is 1.88. The van der Waals surface area contributed by atoms with Crippen LogP contribution in [0.4, 0.5) is 5.69 Å². The summed E-state index contributed by atoms with van der Waals surface area (Å²) < 4.78 is 24.3. The second-order valence-electron chi connectivity index (χ2n) is 6.74. The molecule has 1 aromatic carbocycles. The predicted octanol–water partition coefficient (Wildman–Crippen LogP) is 2.14. The van der Waals surface area contributed by atoms with Crippen molar-refractivity contribution < 1.29 is 18.0 Å². The van der Waals surface area contributed by atoms with Gasteiger partial charge >= 0.3 is 0 Å². The van der Waals surface area contributed by atoms with Gasteiger partial charge in [0.2, 0.25) is 11.8 Å². The van der Waals surface area contributed by atoms with E-state index in [1.165, 1.54) is 4.90 Å². The Kier molecular flexibility index (Phi) is 6.58. The second-order valence-corrected chi connectivity index (χ2v) is 8.81. The Morgan fingerprint density at radius 3 is 2.28 bits per heavy atom. The molecule has 1 aliphatic rings. The molecule has 7 heteroatoms. The van der Waals surface area contributed by atoms with E-state index in [4.69, 9.17) is 0 Å². The highest BCUT2D eigenvalue weighted by molar-refractivity contribution is 7.92. The molecule has 1 N–H and O–H groups in total. The molecule has 0 atom stereocenters. The highest BCUT2D eigenvalue weighted by Gasteiger charge is 2.27. The average molecular weight is 366 g/mol. The van der Waals surface area contributed by atoms with Crippen LogP contribution in [-0.2, 0) is 19.4 Å². The van der Waals surface area contributed by atoms with Gasteiger partial charge < -0.3 is 10.2 Å². The van der Waals surface area contributed by atoms with Gasteiger partial charge in [0.15, 0.2) is 9.84 Å². The van der Waals surface area contributed by atoms with Gasteiger partial charge in [0, 0.05) is 18.8 Å². The normalized spacial score (nSPS) is 15.6. The maximum absolute atomic E-state index is 12.3. The van der Waals surface area contributed by atoms with Crippen molar-refractivity contribution in [3.05, 3.63) is 29.8 Å². The second kappa shape index (κ2) is 8.47. The minimum absolute atomic E-state index is 0.109. The summed E-state index contributed by atoms with van der Waals surface area (Å²) in [6.45, 7) is 1.92. The van der Waals surface area contributed by atoms with E-state index < -0.39 is 33.2 Å². The van der Waals surface area contributed by atoms with Crippen LogP contribution < -0.4 is 5.32 Å². The largest absolute Gasteiger partial charge is 0.342 e. The van der Waals surface area contributed by atoms with E-state index in [0.29, 0.717) is 5.69 Å². The van der Waals surface area contributed by atoms with Crippen molar-refractivity contribution in [2.75, 3.05) is 23.9 Å². The summed E-state index contributed by atoms with van der Waals surface area (Å²) in [6.07, 6.45) is 5.12. The van der Waals surface area contributed by atoms with Crippen molar-refractivity contribution in [2.24, 2.45) is 0 Å². The third-order valence-corrected chi connectivity index (χ3v) is 5.93. The van der Waals surface area contributed by atoms with Crippen LogP contribution in [0.3, 0.4) is 0 Å². The molecule has 0 spiro atoms. The van der Waals surface area contributed by atoms with Crippen LogP contribution in [0.1, 0.15) is 37.7 Å². The van der Waals surface area contributed by atoms with Gasteiger partial charge in [0.05, 0.1) is 0 Å². The molecule has 0 aromatic heterocycles. The average Bonchev–Trinajstić information content (AvgIpc) is 2.56. The monoisotopic (exact) mass is 366 g/mol. The summed E-state index contributed by atoms with van der Waals surface area (Å²) in [5.74, 6) is -2.38. The summed E-state index contributed by atoms with van der Waals surface area (Å²) in [5.41, 5.74) is 1.58. The maximum atomic E-state index is 12.3. The van der Waals surface area contributed by atoms with Crippen molar-refractivity contribution in [1.29, 1.82) is 0 Å². The van der Waals surface area contributed by atoms with E-state index in [1.807, 2.05) is 19.1 Å². The van der Waals surface area contributed by atoms with E-state index in [1.54, 1.807) is 19.2 Å². The van der Waals surface area contributed by atoms with Crippen molar-refractivity contribution >= 4 is 27.3 Å². The number of hydrogen-bond acceptors (Lipinski definition) is 4. The van der Waals surface area contributed by atoms with Crippen molar-refractivity contribution in [3.63, 3.8) is 0 Å². The molecule has 0 aliphatic heterocycles. The van der Waals surface area contributed by atoms with Gasteiger partial charge in [-0.05, 0) is 31.9 Å². The van der Waals surface area contributed by atoms with Crippen LogP contribution in [0.15, 0.2) is 24.3 Å². The lowest BCUT2D eigenvalue weighted by molar-refractivity contribution is -0.129. The number of carbonyl (C=O) groups excluding carboxylic acids is 2. The molecule has 1 saturated carbocycles. The molecule has 1 aromatic rings. The zero-order chi connectivity index (χ0) is 18.4. The van der Waals surface area contributed by atoms with Gasteiger partial charge in [-0.1, -0.05) is 37.0 Å². The van der Waals surface area contributed by atoms with E-state index in [0.717, 1.165) is 37.7 Å². The molecular weight excluding hydrogens is 340 g/mol. The zero-order valence-electron chi connectivity index (χ0n) is 14.8. The summed E-state index contributed by atoms with van der Waals surface area (Å²) in [4.78, 5) is 25.7. The number of amides is 2. The smallest absolute Gasteiger partial charge is 0.239 e. The van der Waals surface area contributed by atoms with Gasteiger partial charge in [-0.3, -0.25) is 9.59 Å². The molecule has 6 nitrogen and oxygen atoms in total. The molecular formula is C18H26N2O4S. The first-order valence-corrected chi connectivity index (χ1v) is 10.4.